The first-order chi connectivity index (χ1) is 29.9. The maximum absolute atomic E-state index is 13.9. The average molecular weight is 863 g/mol. The maximum atomic E-state index is 13.9. The zero-order chi connectivity index (χ0) is 45.4. The number of amides is 4. The number of hydrogen-bond acceptors (Lipinski definition) is 8. The fraction of sp³-hybridized carbons (Fsp3) is 0.500. The predicted octanol–water partition coefficient (Wildman–Crippen LogP) is 8.82. The van der Waals surface area contributed by atoms with Gasteiger partial charge < -0.3 is 45.0 Å². The lowest BCUT2D eigenvalue weighted by Crippen LogP contribution is -2.51. The number of hydrogen-bond donors (Lipinski definition) is 5. The lowest BCUT2D eigenvalue weighted by molar-refractivity contribution is -0.136. The largest absolute Gasteiger partial charge is 0.488 e. The number of carboxylic acid groups (broad SMARTS) is 1. The molecule has 2 aromatic heterocycles. The van der Waals surface area contributed by atoms with Gasteiger partial charge in [-0.3, -0.25) is 9.59 Å². The molecule has 0 bridgehead atoms. The van der Waals surface area contributed by atoms with E-state index in [2.05, 4.69) is 91.6 Å². The third kappa shape index (κ3) is 9.33. The van der Waals surface area contributed by atoms with E-state index < -0.39 is 24.3 Å². The number of likely N-dealkylation sites (tertiary alicyclic amines) is 2. The molecule has 8 rings (SSSR count). The van der Waals surface area contributed by atoms with Crippen LogP contribution in [-0.2, 0) is 20.9 Å². The molecule has 15 heteroatoms. The number of H-pyrrole nitrogens is 2. The van der Waals surface area contributed by atoms with Crippen LogP contribution in [0.4, 0.5) is 9.59 Å². The molecule has 3 aromatic carbocycles. The number of imidazole rings is 2. The molecule has 0 saturated carbocycles. The molecule has 0 aliphatic carbocycles. The van der Waals surface area contributed by atoms with E-state index in [1.165, 1.54) is 7.11 Å². The molecule has 3 aliphatic heterocycles. The molecule has 336 valence electrons. The van der Waals surface area contributed by atoms with Gasteiger partial charge in [0.15, 0.2) is 0 Å². The summed E-state index contributed by atoms with van der Waals surface area (Å²) < 4.78 is 11.2. The van der Waals surface area contributed by atoms with E-state index in [0.717, 1.165) is 74.3 Å². The van der Waals surface area contributed by atoms with Gasteiger partial charge in [0.1, 0.15) is 36.1 Å². The van der Waals surface area contributed by atoms with Crippen LogP contribution in [0.2, 0.25) is 0 Å². The van der Waals surface area contributed by atoms with Crippen molar-refractivity contribution in [2.75, 3.05) is 20.2 Å². The van der Waals surface area contributed by atoms with Crippen LogP contribution in [-0.4, -0.2) is 91.1 Å². The highest BCUT2D eigenvalue weighted by molar-refractivity contribution is 6.07. The second-order valence-electron chi connectivity index (χ2n) is 19.0. The van der Waals surface area contributed by atoms with Crippen molar-refractivity contribution in [1.82, 2.24) is 40.4 Å². The average Bonchev–Trinajstić information content (AvgIpc) is 4.05. The second kappa shape index (κ2) is 18.3. The number of carbonyl (C=O) groups excluding carboxylic acids is 3. The number of ether oxygens (including phenoxy) is 2. The topological polar surface area (TPSA) is 195 Å². The molecule has 2 saturated heterocycles. The summed E-state index contributed by atoms with van der Waals surface area (Å²) in [6, 6.07) is 12.4. The number of nitrogens with one attached hydrogen (secondary N) is 4. The van der Waals surface area contributed by atoms with Crippen molar-refractivity contribution < 1.29 is 33.8 Å². The molecule has 0 radical (unpaired) electrons. The van der Waals surface area contributed by atoms with Gasteiger partial charge in [-0.15, -0.1) is 0 Å². The zero-order valence-electron chi connectivity index (χ0n) is 38.0. The summed E-state index contributed by atoms with van der Waals surface area (Å²) in [4.78, 5) is 71.5. The van der Waals surface area contributed by atoms with E-state index in [1.807, 2.05) is 38.7 Å². The molecule has 3 aliphatic rings. The first-order valence-corrected chi connectivity index (χ1v) is 22.2. The molecule has 5 heterocycles. The van der Waals surface area contributed by atoms with Crippen LogP contribution in [0.3, 0.4) is 0 Å². The Kier molecular flexibility index (Phi) is 13.1. The van der Waals surface area contributed by atoms with E-state index in [9.17, 15) is 24.3 Å². The summed E-state index contributed by atoms with van der Waals surface area (Å²) in [5.74, 6) is 2.72. The van der Waals surface area contributed by atoms with E-state index in [4.69, 9.17) is 19.4 Å². The summed E-state index contributed by atoms with van der Waals surface area (Å²) in [6.07, 6.45) is 1.40. The minimum absolute atomic E-state index is 0.135. The van der Waals surface area contributed by atoms with Crippen LogP contribution in [0.25, 0.3) is 44.2 Å². The standard InChI is InChI=1S/C44H52N8O7.C4H10/c1-21(2)36(49-43(55)56)41(53)51-18-23(5)12-33(51)39-45-17-32(47-39)26-8-10-28-27(14-26)20-59-35-16-29-25(15-30(28)35)9-11-31-38(29)48-40(46-31)34-13-24(6)19-52(34)42(54)37(22(3)4)50-44(57)58-7;1-4(2)3/h8-11,14-17,21-24,33-34,36-37,49H,12-13,18-20H2,1-7H3,(H,45,47)(H,46,48)(H,50,57)(H,55,56);4H,1-3H3/t23?,24-,33-,34-,36-,37-;/m0./s1. The zero-order valence-corrected chi connectivity index (χ0v) is 38.0. The third-order valence-corrected chi connectivity index (χ3v) is 12.1. The van der Waals surface area contributed by atoms with Crippen LogP contribution in [0.5, 0.6) is 5.75 Å². The molecular weight excluding hydrogens is 801 g/mol. The highest BCUT2D eigenvalue weighted by Crippen LogP contribution is 2.44. The quantitative estimate of drug-likeness (QED) is 0.0962. The van der Waals surface area contributed by atoms with Gasteiger partial charge >= 0.3 is 12.2 Å². The first-order valence-electron chi connectivity index (χ1n) is 22.2. The monoisotopic (exact) mass is 862 g/mol. The summed E-state index contributed by atoms with van der Waals surface area (Å²) in [6.45, 7) is 19.6. The third-order valence-electron chi connectivity index (χ3n) is 12.1. The fourth-order valence-electron chi connectivity index (χ4n) is 9.08. The van der Waals surface area contributed by atoms with Gasteiger partial charge in [0.2, 0.25) is 11.8 Å². The number of alkyl carbamates (subject to hydrolysis) is 1. The molecule has 4 amide bonds. The maximum Gasteiger partial charge on any atom is 0.407 e. The van der Waals surface area contributed by atoms with Crippen LogP contribution in [0.1, 0.15) is 104 Å². The molecule has 6 atom stereocenters. The van der Waals surface area contributed by atoms with Crippen molar-refractivity contribution in [3.8, 4) is 28.1 Å². The van der Waals surface area contributed by atoms with Crippen LogP contribution in [0, 0.1) is 29.6 Å². The van der Waals surface area contributed by atoms with Gasteiger partial charge in [0, 0.05) is 24.0 Å². The van der Waals surface area contributed by atoms with Crippen molar-refractivity contribution in [2.45, 2.75) is 106 Å². The van der Waals surface area contributed by atoms with Crippen LogP contribution >= 0.6 is 0 Å². The summed E-state index contributed by atoms with van der Waals surface area (Å²) in [5.41, 5.74) is 6.50. The summed E-state index contributed by atoms with van der Waals surface area (Å²) in [5, 5.41) is 16.5. The number of methoxy groups -OCH3 is 1. The molecule has 63 heavy (non-hydrogen) atoms. The minimum atomic E-state index is -1.22. The lowest BCUT2D eigenvalue weighted by atomic mass is 9.92. The minimum Gasteiger partial charge on any atom is -0.488 e. The number of aromatic nitrogens is 4. The normalized spacial score (nSPS) is 20.3. The van der Waals surface area contributed by atoms with Crippen molar-refractivity contribution in [1.29, 1.82) is 0 Å². The Balaban J connectivity index is 0.00000143. The highest BCUT2D eigenvalue weighted by atomic mass is 16.5. The van der Waals surface area contributed by atoms with E-state index >= 15 is 0 Å². The Hall–Kier alpha value is -6.12. The number of benzene rings is 3. The summed E-state index contributed by atoms with van der Waals surface area (Å²) >= 11 is 0. The lowest BCUT2D eigenvalue weighted by Gasteiger charge is -2.30. The second-order valence-corrected chi connectivity index (χ2v) is 19.0. The van der Waals surface area contributed by atoms with Gasteiger partial charge in [-0.2, -0.15) is 0 Å². The van der Waals surface area contributed by atoms with Crippen molar-refractivity contribution in [3.05, 3.63) is 65.9 Å². The Morgan fingerprint density at radius 1 is 0.810 bits per heavy atom. The van der Waals surface area contributed by atoms with E-state index in [0.29, 0.717) is 31.3 Å². The first kappa shape index (κ1) is 44.9. The Bertz CT molecular complexity index is 2510. The number of aromatic amines is 2. The van der Waals surface area contributed by atoms with Gasteiger partial charge in [-0.25, -0.2) is 19.6 Å². The summed E-state index contributed by atoms with van der Waals surface area (Å²) in [7, 11) is 1.29. The predicted molar refractivity (Wildman–Crippen MR) is 242 cm³/mol. The van der Waals surface area contributed by atoms with Crippen LogP contribution < -0.4 is 15.4 Å². The van der Waals surface area contributed by atoms with Crippen LogP contribution in [0.15, 0.2) is 48.7 Å². The molecule has 5 aromatic rings. The van der Waals surface area contributed by atoms with E-state index in [1.54, 1.807) is 11.1 Å². The Morgan fingerprint density at radius 3 is 2.03 bits per heavy atom. The van der Waals surface area contributed by atoms with E-state index in [-0.39, 0.29) is 47.6 Å². The SMILES string of the molecule is CC(C)C.COC(=O)N[C@H](C(=O)N1C[C@@H](C)C[C@H]1c1nc2c(ccc3cc4c(cc32)OCc2cc(-c3cnc([C@@H]5CC(C)CN5C(=O)[C@@H](NC(=O)O)C(C)C)[nH]3)ccc2-4)[nH]1)C(C)C. The number of nitrogens with zero attached hydrogens (tertiary/aromatic N) is 4. The Labute approximate surface area is 368 Å². The Morgan fingerprint density at radius 2 is 1.43 bits per heavy atom. The number of fused-ring (bicyclic) bond motifs is 6. The molecule has 1 unspecified atom stereocenters. The van der Waals surface area contributed by atoms with Gasteiger partial charge in [0.25, 0.3) is 0 Å². The van der Waals surface area contributed by atoms with Gasteiger partial charge in [-0.1, -0.05) is 80.5 Å². The highest BCUT2D eigenvalue weighted by Gasteiger charge is 2.42. The molecule has 2 fully saturated rings. The van der Waals surface area contributed by atoms with Crippen molar-refractivity contribution in [2.24, 2.45) is 29.6 Å². The van der Waals surface area contributed by atoms with Crippen molar-refractivity contribution >= 4 is 45.8 Å². The van der Waals surface area contributed by atoms with Gasteiger partial charge in [0.05, 0.1) is 42.1 Å². The molecule has 0 spiro atoms. The van der Waals surface area contributed by atoms with Gasteiger partial charge in [-0.05, 0) is 88.8 Å². The number of carbonyl (C=O) groups is 4. The molecular formula is C48H62N8O7. The number of rotatable bonds is 9. The smallest absolute Gasteiger partial charge is 0.407 e. The van der Waals surface area contributed by atoms with Crippen molar-refractivity contribution in [3.63, 3.8) is 0 Å². The molecule has 15 nitrogen and oxygen atoms in total. The fourth-order valence-corrected chi connectivity index (χ4v) is 9.08. The molecule has 5 N–H and O–H groups in total.